The first kappa shape index (κ1) is 15.0. The van der Waals surface area contributed by atoms with Gasteiger partial charge in [-0.2, -0.15) is 0 Å². The summed E-state index contributed by atoms with van der Waals surface area (Å²) < 4.78 is 0. The lowest BCUT2D eigenvalue weighted by molar-refractivity contribution is -0.115. The maximum atomic E-state index is 11.7. The molecule has 0 aliphatic carbocycles. The molecular formula is C13H20BrN3O. The zero-order chi connectivity index (χ0) is 13.5. The first-order valence-electron chi connectivity index (χ1n) is 6.28. The van der Waals surface area contributed by atoms with Crippen molar-refractivity contribution >= 4 is 33.3 Å². The molecule has 1 N–H and O–H groups in total. The Hall–Kier alpha value is -1.10. The van der Waals surface area contributed by atoms with Gasteiger partial charge in [-0.1, -0.05) is 22.9 Å². The average Bonchev–Trinajstić information content (AvgIpc) is 2.41. The molecule has 5 heteroatoms. The van der Waals surface area contributed by atoms with Gasteiger partial charge in [0.25, 0.3) is 0 Å². The molecule has 1 aromatic rings. The SMILES string of the molecule is CCC(Br)C(=O)Nc1ccc(N(CC)CC)nc1. The number of pyridine rings is 1. The number of rotatable bonds is 6. The largest absolute Gasteiger partial charge is 0.357 e. The summed E-state index contributed by atoms with van der Waals surface area (Å²) in [4.78, 5) is 18.0. The third-order valence-electron chi connectivity index (χ3n) is 2.75. The monoisotopic (exact) mass is 313 g/mol. The number of nitrogens with one attached hydrogen (secondary N) is 1. The van der Waals surface area contributed by atoms with Gasteiger partial charge in [-0.05, 0) is 32.4 Å². The fraction of sp³-hybridized carbons (Fsp3) is 0.538. The topological polar surface area (TPSA) is 45.2 Å². The number of hydrogen-bond acceptors (Lipinski definition) is 3. The van der Waals surface area contributed by atoms with Crippen molar-refractivity contribution in [3.05, 3.63) is 18.3 Å². The Morgan fingerprint density at radius 3 is 2.50 bits per heavy atom. The van der Waals surface area contributed by atoms with Gasteiger partial charge in [0.1, 0.15) is 5.82 Å². The van der Waals surface area contributed by atoms with Gasteiger partial charge in [-0.3, -0.25) is 4.79 Å². The number of nitrogens with zero attached hydrogens (tertiary/aromatic N) is 2. The van der Waals surface area contributed by atoms with Gasteiger partial charge in [-0.15, -0.1) is 0 Å². The normalized spacial score (nSPS) is 12.0. The molecule has 0 fully saturated rings. The van der Waals surface area contributed by atoms with Gasteiger partial charge >= 0.3 is 0 Å². The van der Waals surface area contributed by atoms with Crippen LogP contribution in [-0.2, 0) is 4.79 Å². The fourth-order valence-corrected chi connectivity index (χ4v) is 1.72. The lowest BCUT2D eigenvalue weighted by Gasteiger charge is -2.19. The van der Waals surface area contributed by atoms with Crippen molar-refractivity contribution in [2.45, 2.75) is 32.0 Å². The smallest absolute Gasteiger partial charge is 0.238 e. The molecule has 0 aliphatic heterocycles. The molecule has 0 bridgehead atoms. The number of amides is 1. The van der Waals surface area contributed by atoms with Crippen LogP contribution >= 0.6 is 15.9 Å². The molecule has 0 saturated heterocycles. The van der Waals surface area contributed by atoms with E-state index in [0.717, 1.165) is 31.0 Å². The third kappa shape index (κ3) is 3.98. The predicted octanol–water partition coefficient (Wildman–Crippen LogP) is 3.04. The van der Waals surface area contributed by atoms with Gasteiger partial charge in [0.2, 0.25) is 5.91 Å². The molecule has 1 amide bonds. The first-order chi connectivity index (χ1) is 8.62. The van der Waals surface area contributed by atoms with Crippen LogP contribution in [-0.4, -0.2) is 28.8 Å². The highest BCUT2D eigenvalue weighted by atomic mass is 79.9. The van der Waals surface area contributed by atoms with Crippen molar-refractivity contribution in [1.29, 1.82) is 0 Å². The number of carbonyl (C=O) groups is 1. The summed E-state index contributed by atoms with van der Waals surface area (Å²) in [6.45, 7) is 8.00. The second kappa shape index (κ2) is 7.36. The van der Waals surface area contributed by atoms with Crippen molar-refractivity contribution in [2.75, 3.05) is 23.3 Å². The van der Waals surface area contributed by atoms with Gasteiger partial charge in [0.05, 0.1) is 16.7 Å². The Labute approximate surface area is 117 Å². The minimum atomic E-state index is -0.153. The average molecular weight is 314 g/mol. The van der Waals surface area contributed by atoms with E-state index in [-0.39, 0.29) is 10.7 Å². The third-order valence-corrected chi connectivity index (χ3v) is 3.81. The number of hydrogen-bond donors (Lipinski definition) is 1. The molecule has 0 saturated carbocycles. The molecule has 1 rings (SSSR count). The Kier molecular flexibility index (Phi) is 6.12. The van der Waals surface area contributed by atoms with Crippen molar-refractivity contribution in [3.63, 3.8) is 0 Å². The number of halogens is 1. The summed E-state index contributed by atoms with van der Waals surface area (Å²) in [7, 11) is 0. The maximum absolute atomic E-state index is 11.7. The van der Waals surface area contributed by atoms with Crippen LogP contribution in [0.5, 0.6) is 0 Å². The van der Waals surface area contributed by atoms with Crippen molar-refractivity contribution in [1.82, 2.24) is 4.98 Å². The zero-order valence-electron chi connectivity index (χ0n) is 11.1. The van der Waals surface area contributed by atoms with Crippen LogP contribution in [0.2, 0.25) is 0 Å². The Morgan fingerprint density at radius 2 is 2.06 bits per heavy atom. The minimum Gasteiger partial charge on any atom is -0.357 e. The van der Waals surface area contributed by atoms with E-state index in [1.54, 1.807) is 6.20 Å². The molecule has 4 nitrogen and oxygen atoms in total. The second-order valence-electron chi connectivity index (χ2n) is 3.94. The highest BCUT2D eigenvalue weighted by Gasteiger charge is 2.12. The molecule has 1 unspecified atom stereocenters. The van der Waals surface area contributed by atoms with Gasteiger partial charge in [0.15, 0.2) is 0 Å². The summed E-state index contributed by atoms with van der Waals surface area (Å²) in [6, 6.07) is 3.81. The lowest BCUT2D eigenvalue weighted by atomic mass is 10.3. The summed E-state index contributed by atoms with van der Waals surface area (Å²) >= 11 is 3.32. The molecule has 0 spiro atoms. The van der Waals surface area contributed by atoms with Gasteiger partial charge in [-0.25, -0.2) is 4.98 Å². The highest BCUT2D eigenvalue weighted by molar-refractivity contribution is 9.10. The van der Waals surface area contributed by atoms with Crippen LogP contribution in [0.25, 0.3) is 0 Å². The molecule has 100 valence electrons. The summed E-state index contributed by atoms with van der Waals surface area (Å²) in [6.07, 6.45) is 2.46. The lowest BCUT2D eigenvalue weighted by Crippen LogP contribution is -2.24. The maximum Gasteiger partial charge on any atom is 0.238 e. The van der Waals surface area contributed by atoms with Crippen LogP contribution in [0, 0.1) is 0 Å². The number of aromatic nitrogens is 1. The van der Waals surface area contributed by atoms with E-state index < -0.39 is 0 Å². The van der Waals surface area contributed by atoms with Crippen LogP contribution in [0.4, 0.5) is 11.5 Å². The van der Waals surface area contributed by atoms with Crippen LogP contribution < -0.4 is 10.2 Å². The van der Waals surface area contributed by atoms with Gasteiger partial charge < -0.3 is 10.2 Å². The number of anilines is 2. The van der Waals surface area contributed by atoms with E-state index in [0.29, 0.717) is 0 Å². The molecule has 1 aromatic heterocycles. The predicted molar refractivity (Wildman–Crippen MR) is 79.4 cm³/mol. The minimum absolute atomic E-state index is 0.0325. The number of carbonyl (C=O) groups excluding carboxylic acids is 1. The summed E-state index contributed by atoms with van der Waals surface area (Å²) in [5.74, 6) is 0.902. The summed E-state index contributed by atoms with van der Waals surface area (Å²) in [5, 5.41) is 2.83. The van der Waals surface area contributed by atoms with Crippen molar-refractivity contribution < 1.29 is 4.79 Å². The van der Waals surface area contributed by atoms with E-state index in [9.17, 15) is 4.79 Å². The Bertz CT molecular complexity index is 376. The van der Waals surface area contributed by atoms with Crippen LogP contribution in [0.3, 0.4) is 0 Å². The number of alkyl halides is 1. The standard InChI is InChI=1S/C13H20BrN3O/c1-4-11(14)13(18)16-10-7-8-12(15-9-10)17(5-2)6-3/h7-9,11H,4-6H2,1-3H3,(H,16,18). The van der Waals surface area contributed by atoms with Crippen molar-refractivity contribution in [2.24, 2.45) is 0 Å². The van der Waals surface area contributed by atoms with E-state index >= 15 is 0 Å². The fourth-order valence-electron chi connectivity index (χ4n) is 1.60. The van der Waals surface area contributed by atoms with Crippen LogP contribution in [0.15, 0.2) is 18.3 Å². The van der Waals surface area contributed by atoms with Crippen LogP contribution in [0.1, 0.15) is 27.2 Å². The molecule has 1 atom stereocenters. The first-order valence-corrected chi connectivity index (χ1v) is 7.19. The van der Waals surface area contributed by atoms with E-state index in [2.05, 4.69) is 45.0 Å². The molecule has 0 aliphatic rings. The van der Waals surface area contributed by atoms with E-state index in [1.165, 1.54) is 0 Å². The highest BCUT2D eigenvalue weighted by Crippen LogP contribution is 2.15. The Balaban J connectivity index is 2.68. The van der Waals surface area contributed by atoms with E-state index in [1.807, 2.05) is 19.1 Å². The molecule has 0 radical (unpaired) electrons. The molecule has 1 heterocycles. The summed E-state index contributed by atoms with van der Waals surface area (Å²) in [5.41, 5.74) is 0.730. The molecule has 0 aromatic carbocycles. The molecule has 18 heavy (non-hydrogen) atoms. The van der Waals surface area contributed by atoms with E-state index in [4.69, 9.17) is 0 Å². The quantitative estimate of drug-likeness (QED) is 0.821. The zero-order valence-corrected chi connectivity index (χ0v) is 12.7. The van der Waals surface area contributed by atoms with Crippen molar-refractivity contribution in [3.8, 4) is 0 Å². The second-order valence-corrected chi connectivity index (χ2v) is 5.05. The molecular weight excluding hydrogens is 294 g/mol. The Morgan fingerprint density at radius 1 is 1.39 bits per heavy atom. The van der Waals surface area contributed by atoms with Gasteiger partial charge in [0, 0.05) is 13.1 Å².